The number of carbonyl (C=O) groups excluding carboxylic acids is 1. The number of amides is 1. The molecule has 1 atom stereocenters. The van der Waals surface area contributed by atoms with Crippen LogP contribution in [0.25, 0.3) is 11.0 Å². The Morgan fingerprint density at radius 1 is 1.25 bits per heavy atom. The zero-order valence-electron chi connectivity index (χ0n) is 15.8. The van der Waals surface area contributed by atoms with E-state index in [0.29, 0.717) is 49.4 Å². The van der Waals surface area contributed by atoms with Crippen LogP contribution in [-0.2, 0) is 19.5 Å². The molecule has 8 nitrogen and oxygen atoms in total. The van der Waals surface area contributed by atoms with Crippen molar-refractivity contribution in [1.29, 1.82) is 0 Å². The smallest absolute Gasteiger partial charge is 0.287 e. The third-order valence-corrected chi connectivity index (χ3v) is 7.13. The molecule has 0 saturated carbocycles. The minimum absolute atomic E-state index is 0.0407. The van der Waals surface area contributed by atoms with Gasteiger partial charge in [0.25, 0.3) is 5.91 Å². The molecule has 2 aliphatic rings. The molecule has 4 rings (SSSR count). The predicted octanol–water partition coefficient (Wildman–Crippen LogP) is 1.67. The van der Waals surface area contributed by atoms with Crippen molar-refractivity contribution in [2.24, 2.45) is 0 Å². The van der Waals surface area contributed by atoms with Crippen LogP contribution in [0.1, 0.15) is 29.0 Å². The first-order valence-electron chi connectivity index (χ1n) is 9.47. The van der Waals surface area contributed by atoms with Crippen LogP contribution in [0.4, 0.5) is 0 Å². The van der Waals surface area contributed by atoms with Gasteiger partial charge in [-0.05, 0) is 38.0 Å². The van der Waals surface area contributed by atoms with Gasteiger partial charge < -0.3 is 19.2 Å². The molecule has 1 N–H and O–H groups in total. The van der Waals surface area contributed by atoms with Crippen molar-refractivity contribution in [2.75, 3.05) is 39.5 Å². The molecule has 1 unspecified atom stereocenters. The number of sulfonamides is 1. The molecule has 0 radical (unpaired) electrons. The SMILES string of the molecule is Cc1c(C(=O)NCC2CCCO2)oc2ccc(S(=O)(=O)N3CCOCC3)cc12. The second-order valence-electron chi connectivity index (χ2n) is 7.08. The largest absolute Gasteiger partial charge is 0.451 e. The molecule has 2 saturated heterocycles. The van der Waals surface area contributed by atoms with Crippen LogP contribution in [0.2, 0.25) is 0 Å². The topological polar surface area (TPSA) is 98.1 Å². The molecule has 1 aromatic heterocycles. The zero-order valence-corrected chi connectivity index (χ0v) is 16.6. The van der Waals surface area contributed by atoms with Gasteiger partial charge in [-0.15, -0.1) is 0 Å². The monoisotopic (exact) mass is 408 g/mol. The molecular formula is C19H24N2O6S. The summed E-state index contributed by atoms with van der Waals surface area (Å²) in [4.78, 5) is 12.7. The van der Waals surface area contributed by atoms with Crippen molar-refractivity contribution in [3.05, 3.63) is 29.5 Å². The van der Waals surface area contributed by atoms with Gasteiger partial charge in [-0.25, -0.2) is 8.42 Å². The Balaban J connectivity index is 1.58. The van der Waals surface area contributed by atoms with Crippen LogP contribution >= 0.6 is 0 Å². The van der Waals surface area contributed by atoms with E-state index in [4.69, 9.17) is 13.9 Å². The Hall–Kier alpha value is -1.94. The van der Waals surface area contributed by atoms with Crippen molar-refractivity contribution in [3.8, 4) is 0 Å². The maximum Gasteiger partial charge on any atom is 0.287 e. The van der Waals surface area contributed by atoms with Crippen LogP contribution < -0.4 is 5.32 Å². The highest BCUT2D eigenvalue weighted by atomic mass is 32.2. The predicted molar refractivity (Wildman–Crippen MR) is 102 cm³/mol. The Bertz CT molecular complexity index is 972. The Labute approximate surface area is 163 Å². The number of hydrogen-bond acceptors (Lipinski definition) is 6. The highest BCUT2D eigenvalue weighted by molar-refractivity contribution is 7.89. The number of furan rings is 1. The number of hydrogen-bond donors (Lipinski definition) is 1. The first-order chi connectivity index (χ1) is 13.5. The number of nitrogens with zero attached hydrogens (tertiary/aromatic N) is 1. The van der Waals surface area contributed by atoms with Crippen molar-refractivity contribution >= 4 is 26.9 Å². The van der Waals surface area contributed by atoms with Gasteiger partial charge >= 0.3 is 0 Å². The second-order valence-corrected chi connectivity index (χ2v) is 9.01. The van der Waals surface area contributed by atoms with E-state index in [1.54, 1.807) is 19.1 Å². The summed E-state index contributed by atoms with van der Waals surface area (Å²) in [6, 6.07) is 4.70. The van der Waals surface area contributed by atoms with E-state index in [0.717, 1.165) is 19.4 Å². The normalized spacial score (nSPS) is 21.2. The minimum atomic E-state index is -3.61. The first-order valence-corrected chi connectivity index (χ1v) is 10.9. The van der Waals surface area contributed by atoms with Gasteiger partial charge in [0, 0.05) is 37.2 Å². The van der Waals surface area contributed by atoms with Gasteiger partial charge in [-0.3, -0.25) is 4.79 Å². The van der Waals surface area contributed by atoms with E-state index < -0.39 is 10.0 Å². The van der Waals surface area contributed by atoms with Crippen LogP contribution in [0, 0.1) is 6.92 Å². The third-order valence-electron chi connectivity index (χ3n) is 5.24. The number of nitrogens with one attached hydrogen (secondary N) is 1. The number of morpholine rings is 1. The summed E-state index contributed by atoms with van der Waals surface area (Å²) in [5.74, 6) is -0.115. The molecule has 9 heteroatoms. The number of aryl methyl sites for hydroxylation is 1. The van der Waals surface area contributed by atoms with E-state index >= 15 is 0 Å². The summed E-state index contributed by atoms with van der Waals surface area (Å²) in [6.07, 6.45) is 1.98. The van der Waals surface area contributed by atoms with Crippen molar-refractivity contribution in [2.45, 2.75) is 30.8 Å². The lowest BCUT2D eigenvalue weighted by atomic mass is 10.1. The molecule has 1 aromatic carbocycles. The molecule has 0 bridgehead atoms. The van der Waals surface area contributed by atoms with E-state index in [2.05, 4.69) is 5.32 Å². The zero-order chi connectivity index (χ0) is 19.7. The fraction of sp³-hybridized carbons (Fsp3) is 0.526. The highest BCUT2D eigenvalue weighted by Gasteiger charge is 2.28. The minimum Gasteiger partial charge on any atom is -0.451 e. The lowest BCUT2D eigenvalue weighted by Gasteiger charge is -2.26. The summed E-state index contributed by atoms with van der Waals surface area (Å²) >= 11 is 0. The Morgan fingerprint density at radius 3 is 2.75 bits per heavy atom. The van der Waals surface area contributed by atoms with Gasteiger partial charge in [-0.2, -0.15) is 4.31 Å². The lowest BCUT2D eigenvalue weighted by molar-refractivity contribution is 0.0730. The number of rotatable bonds is 5. The lowest BCUT2D eigenvalue weighted by Crippen LogP contribution is -2.40. The van der Waals surface area contributed by atoms with E-state index in [-0.39, 0.29) is 22.7 Å². The molecule has 0 aliphatic carbocycles. The maximum atomic E-state index is 12.9. The van der Waals surface area contributed by atoms with Crippen LogP contribution in [0.3, 0.4) is 0 Å². The van der Waals surface area contributed by atoms with Gasteiger partial charge in [0.15, 0.2) is 5.76 Å². The molecule has 152 valence electrons. The Morgan fingerprint density at radius 2 is 2.04 bits per heavy atom. The van der Waals surface area contributed by atoms with Gasteiger partial charge in [-0.1, -0.05) is 0 Å². The van der Waals surface area contributed by atoms with Gasteiger partial charge in [0.1, 0.15) is 5.58 Å². The average molecular weight is 408 g/mol. The molecule has 1 amide bonds. The standard InChI is InChI=1S/C19H24N2O6S/c1-13-16-11-15(28(23,24)21-6-9-25-10-7-21)4-5-17(16)27-18(13)19(22)20-12-14-3-2-8-26-14/h4-5,11,14H,2-3,6-10,12H2,1H3,(H,20,22). The van der Waals surface area contributed by atoms with Crippen molar-refractivity contribution < 1.29 is 27.1 Å². The van der Waals surface area contributed by atoms with E-state index in [1.807, 2.05) is 0 Å². The fourth-order valence-electron chi connectivity index (χ4n) is 3.61. The van der Waals surface area contributed by atoms with Crippen molar-refractivity contribution in [1.82, 2.24) is 9.62 Å². The summed E-state index contributed by atoms with van der Waals surface area (Å²) < 4.78 is 43.6. The molecular weight excluding hydrogens is 384 g/mol. The van der Waals surface area contributed by atoms with Gasteiger partial charge in [0.2, 0.25) is 10.0 Å². The number of benzene rings is 1. The number of fused-ring (bicyclic) bond motifs is 1. The summed E-state index contributed by atoms with van der Waals surface area (Å²) in [7, 11) is -3.61. The molecule has 0 spiro atoms. The highest BCUT2D eigenvalue weighted by Crippen LogP contribution is 2.29. The first kappa shape index (κ1) is 19.4. The quantitative estimate of drug-likeness (QED) is 0.808. The maximum absolute atomic E-state index is 12.9. The molecule has 28 heavy (non-hydrogen) atoms. The van der Waals surface area contributed by atoms with E-state index in [9.17, 15) is 13.2 Å². The van der Waals surface area contributed by atoms with Crippen molar-refractivity contribution in [3.63, 3.8) is 0 Å². The summed E-state index contributed by atoms with van der Waals surface area (Å²) in [5.41, 5.74) is 1.11. The second kappa shape index (κ2) is 7.82. The summed E-state index contributed by atoms with van der Waals surface area (Å²) in [5, 5.41) is 3.46. The fourth-order valence-corrected chi connectivity index (χ4v) is 5.04. The summed E-state index contributed by atoms with van der Waals surface area (Å²) in [6.45, 7) is 4.38. The average Bonchev–Trinajstić information content (AvgIpc) is 3.35. The van der Waals surface area contributed by atoms with E-state index in [1.165, 1.54) is 10.4 Å². The molecule has 2 aromatic rings. The molecule has 3 heterocycles. The van der Waals surface area contributed by atoms with Crippen LogP contribution in [-0.4, -0.2) is 64.2 Å². The van der Waals surface area contributed by atoms with Crippen LogP contribution in [0.5, 0.6) is 0 Å². The molecule has 2 aliphatic heterocycles. The Kier molecular flexibility index (Phi) is 5.42. The molecule has 2 fully saturated rings. The number of ether oxygens (including phenoxy) is 2. The van der Waals surface area contributed by atoms with Gasteiger partial charge in [0.05, 0.1) is 24.2 Å². The third kappa shape index (κ3) is 3.67. The number of carbonyl (C=O) groups is 1. The van der Waals surface area contributed by atoms with Crippen LogP contribution in [0.15, 0.2) is 27.5 Å².